The highest BCUT2D eigenvalue weighted by Crippen LogP contribution is 2.23. The Bertz CT molecular complexity index is 413. The Morgan fingerprint density at radius 2 is 2.06 bits per heavy atom. The van der Waals surface area contributed by atoms with Crippen molar-refractivity contribution in [2.75, 3.05) is 6.61 Å². The minimum Gasteiger partial charge on any atom is -0.489 e. The van der Waals surface area contributed by atoms with Crippen molar-refractivity contribution in [3.63, 3.8) is 0 Å². The van der Waals surface area contributed by atoms with Crippen molar-refractivity contribution in [2.24, 2.45) is 0 Å². The van der Waals surface area contributed by atoms with E-state index in [2.05, 4.69) is 15.9 Å². The van der Waals surface area contributed by atoms with Crippen LogP contribution in [0.1, 0.15) is 26.3 Å². The fourth-order valence-electron chi connectivity index (χ4n) is 1.44. The number of carbonyl (C=O) groups excluding carboxylic acids is 1. The number of esters is 1. The molecule has 0 N–H and O–H groups in total. The number of halogens is 1. The SMILES string of the molecule is CC(=O)OC(C)(C)COc1ccc(Br)cc1C. The Morgan fingerprint density at radius 3 is 2.59 bits per heavy atom. The van der Waals surface area contributed by atoms with Gasteiger partial charge in [0.05, 0.1) is 0 Å². The molecule has 0 aliphatic carbocycles. The normalized spacial score (nSPS) is 11.1. The second kappa shape index (κ2) is 5.54. The molecule has 0 amide bonds. The van der Waals surface area contributed by atoms with Crippen LogP contribution in [0.4, 0.5) is 0 Å². The second-order valence-electron chi connectivity index (χ2n) is 4.55. The van der Waals surface area contributed by atoms with Crippen LogP contribution in [-0.2, 0) is 9.53 Å². The van der Waals surface area contributed by atoms with Gasteiger partial charge >= 0.3 is 5.97 Å². The molecule has 0 bridgehead atoms. The molecule has 3 nitrogen and oxygen atoms in total. The molecular weight excluding hydrogens is 284 g/mol. The van der Waals surface area contributed by atoms with E-state index in [-0.39, 0.29) is 5.97 Å². The molecule has 4 heteroatoms. The number of rotatable bonds is 4. The van der Waals surface area contributed by atoms with Crippen molar-refractivity contribution < 1.29 is 14.3 Å². The van der Waals surface area contributed by atoms with Crippen molar-refractivity contribution in [1.82, 2.24) is 0 Å². The molecule has 94 valence electrons. The fourth-order valence-corrected chi connectivity index (χ4v) is 1.92. The molecule has 0 aromatic heterocycles. The lowest BCUT2D eigenvalue weighted by molar-refractivity contribution is -0.156. The van der Waals surface area contributed by atoms with Crippen LogP contribution in [0, 0.1) is 6.92 Å². The molecule has 1 aromatic carbocycles. The monoisotopic (exact) mass is 300 g/mol. The van der Waals surface area contributed by atoms with Crippen LogP contribution in [0.15, 0.2) is 22.7 Å². The number of hydrogen-bond acceptors (Lipinski definition) is 3. The zero-order chi connectivity index (χ0) is 13.1. The Hall–Kier alpha value is -1.03. The maximum absolute atomic E-state index is 10.9. The van der Waals surface area contributed by atoms with E-state index in [4.69, 9.17) is 9.47 Å². The minimum atomic E-state index is -0.620. The van der Waals surface area contributed by atoms with Crippen molar-refractivity contribution >= 4 is 21.9 Å². The highest BCUT2D eigenvalue weighted by molar-refractivity contribution is 9.10. The number of benzene rings is 1. The average molecular weight is 301 g/mol. The quantitative estimate of drug-likeness (QED) is 0.799. The summed E-state index contributed by atoms with van der Waals surface area (Å²) >= 11 is 3.39. The predicted molar refractivity (Wildman–Crippen MR) is 70.2 cm³/mol. The van der Waals surface area contributed by atoms with Gasteiger partial charge in [-0.25, -0.2) is 0 Å². The maximum Gasteiger partial charge on any atom is 0.303 e. The number of aryl methyl sites for hydroxylation is 1. The third-order valence-electron chi connectivity index (χ3n) is 2.13. The number of hydrogen-bond donors (Lipinski definition) is 0. The molecule has 0 heterocycles. The van der Waals surface area contributed by atoms with E-state index in [1.165, 1.54) is 6.92 Å². The summed E-state index contributed by atoms with van der Waals surface area (Å²) in [6.07, 6.45) is 0. The van der Waals surface area contributed by atoms with Crippen LogP contribution in [-0.4, -0.2) is 18.2 Å². The zero-order valence-electron chi connectivity index (χ0n) is 10.5. The summed E-state index contributed by atoms with van der Waals surface area (Å²) < 4.78 is 11.8. The largest absolute Gasteiger partial charge is 0.489 e. The van der Waals surface area contributed by atoms with Gasteiger partial charge in [-0.05, 0) is 44.5 Å². The Morgan fingerprint density at radius 1 is 1.41 bits per heavy atom. The lowest BCUT2D eigenvalue weighted by Crippen LogP contribution is -2.34. The molecule has 0 radical (unpaired) electrons. The summed E-state index contributed by atoms with van der Waals surface area (Å²) in [5, 5.41) is 0. The van der Waals surface area contributed by atoms with Gasteiger partial charge in [-0.15, -0.1) is 0 Å². The van der Waals surface area contributed by atoms with Crippen molar-refractivity contribution in [2.45, 2.75) is 33.3 Å². The molecule has 0 aliphatic heterocycles. The molecule has 0 fully saturated rings. The van der Waals surface area contributed by atoms with Crippen LogP contribution >= 0.6 is 15.9 Å². The van der Waals surface area contributed by atoms with Gasteiger partial charge in [0.1, 0.15) is 18.0 Å². The van der Waals surface area contributed by atoms with E-state index >= 15 is 0 Å². The van der Waals surface area contributed by atoms with E-state index in [0.717, 1.165) is 15.8 Å². The standard InChI is InChI=1S/C13H17BrO3/c1-9-7-11(14)5-6-12(9)16-8-13(3,4)17-10(2)15/h5-7H,8H2,1-4H3. The first kappa shape index (κ1) is 14.0. The smallest absolute Gasteiger partial charge is 0.303 e. The number of carbonyl (C=O) groups is 1. The van der Waals surface area contributed by atoms with E-state index in [0.29, 0.717) is 6.61 Å². The molecule has 0 saturated carbocycles. The predicted octanol–water partition coefficient (Wildman–Crippen LogP) is 3.48. The lowest BCUT2D eigenvalue weighted by atomic mass is 10.1. The van der Waals surface area contributed by atoms with Gasteiger partial charge in [0, 0.05) is 11.4 Å². The third-order valence-corrected chi connectivity index (χ3v) is 2.63. The summed E-state index contributed by atoms with van der Waals surface area (Å²) in [4.78, 5) is 10.9. The molecule has 0 aliphatic rings. The van der Waals surface area contributed by atoms with Crippen LogP contribution in [0.5, 0.6) is 5.75 Å². The van der Waals surface area contributed by atoms with Gasteiger partial charge in [-0.2, -0.15) is 0 Å². The first-order valence-corrected chi connectivity index (χ1v) is 6.18. The van der Waals surface area contributed by atoms with E-state index in [9.17, 15) is 4.79 Å². The summed E-state index contributed by atoms with van der Waals surface area (Å²) in [7, 11) is 0. The van der Waals surface area contributed by atoms with Crippen LogP contribution in [0.2, 0.25) is 0 Å². The Labute approximate surface area is 110 Å². The van der Waals surface area contributed by atoms with Crippen molar-refractivity contribution in [3.8, 4) is 5.75 Å². The summed E-state index contributed by atoms with van der Waals surface area (Å²) in [6.45, 7) is 7.34. The van der Waals surface area contributed by atoms with Crippen LogP contribution in [0.25, 0.3) is 0 Å². The molecule has 1 rings (SSSR count). The minimum absolute atomic E-state index is 0.300. The van der Waals surface area contributed by atoms with E-state index in [1.54, 1.807) is 0 Å². The maximum atomic E-state index is 10.9. The molecule has 1 aromatic rings. The van der Waals surface area contributed by atoms with Gasteiger partial charge in [-0.3, -0.25) is 4.79 Å². The Kier molecular flexibility index (Phi) is 4.57. The highest BCUT2D eigenvalue weighted by Gasteiger charge is 2.22. The first-order valence-electron chi connectivity index (χ1n) is 5.39. The van der Waals surface area contributed by atoms with E-state index < -0.39 is 5.60 Å². The summed E-state index contributed by atoms with van der Waals surface area (Å²) in [5.74, 6) is 0.500. The molecule has 0 unspecified atom stereocenters. The average Bonchev–Trinajstić information content (AvgIpc) is 2.14. The van der Waals surface area contributed by atoms with Gasteiger partial charge in [0.2, 0.25) is 0 Å². The van der Waals surface area contributed by atoms with Crippen molar-refractivity contribution in [1.29, 1.82) is 0 Å². The van der Waals surface area contributed by atoms with E-state index in [1.807, 2.05) is 39.0 Å². The fraction of sp³-hybridized carbons (Fsp3) is 0.462. The second-order valence-corrected chi connectivity index (χ2v) is 5.47. The van der Waals surface area contributed by atoms with Crippen LogP contribution in [0.3, 0.4) is 0 Å². The molecule has 0 saturated heterocycles. The topological polar surface area (TPSA) is 35.5 Å². The highest BCUT2D eigenvalue weighted by atomic mass is 79.9. The summed E-state index contributed by atoms with van der Waals surface area (Å²) in [6, 6.07) is 5.79. The number of ether oxygens (including phenoxy) is 2. The Balaban J connectivity index is 2.64. The summed E-state index contributed by atoms with van der Waals surface area (Å²) in [5.41, 5.74) is 0.420. The molecular formula is C13H17BrO3. The molecule has 0 atom stereocenters. The van der Waals surface area contributed by atoms with Gasteiger partial charge in [0.15, 0.2) is 0 Å². The molecule has 0 spiro atoms. The molecule has 17 heavy (non-hydrogen) atoms. The zero-order valence-corrected chi connectivity index (χ0v) is 12.1. The van der Waals surface area contributed by atoms with Crippen molar-refractivity contribution in [3.05, 3.63) is 28.2 Å². The van der Waals surface area contributed by atoms with Crippen LogP contribution < -0.4 is 4.74 Å². The lowest BCUT2D eigenvalue weighted by Gasteiger charge is -2.24. The first-order chi connectivity index (χ1) is 7.80. The van der Waals surface area contributed by atoms with Gasteiger partial charge < -0.3 is 9.47 Å². The third kappa shape index (κ3) is 4.77. The van der Waals surface area contributed by atoms with Gasteiger partial charge in [0.25, 0.3) is 0 Å². The van der Waals surface area contributed by atoms with Gasteiger partial charge in [-0.1, -0.05) is 15.9 Å².